The van der Waals surface area contributed by atoms with Crippen molar-refractivity contribution < 1.29 is 8.91 Å². The summed E-state index contributed by atoms with van der Waals surface area (Å²) in [6.45, 7) is 8.00. The van der Waals surface area contributed by atoms with Crippen molar-refractivity contribution in [3.63, 3.8) is 0 Å². The fraction of sp³-hybridized carbons (Fsp3) is 0.444. The van der Waals surface area contributed by atoms with Crippen LogP contribution in [0, 0.1) is 5.82 Å². The number of rotatable bonds is 6. The molecule has 0 aliphatic rings. The molecule has 0 saturated carbocycles. The number of benzene rings is 1. The Hall–Kier alpha value is -2.37. The van der Waals surface area contributed by atoms with Gasteiger partial charge < -0.3 is 14.7 Å². The van der Waals surface area contributed by atoms with Gasteiger partial charge in [-0.15, -0.1) is 0 Å². The number of hydrogen-bond acceptors (Lipinski definition) is 3. The molecule has 0 amide bonds. The molecule has 1 aromatic carbocycles. The second kappa shape index (κ2) is 8.47. The number of hydrogen-bond donors (Lipinski definition) is 1. The highest BCUT2D eigenvalue weighted by molar-refractivity contribution is 5.79. The molecule has 2 rings (SSSR count). The first-order valence-corrected chi connectivity index (χ1v) is 8.19. The van der Waals surface area contributed by atoms with E-state index in [1.54, 1.807) is 12.1 Å². The third-order valence-electron chi connectivity index (χ3n) is 3.58. The van der Waals surface area contributed by atoms with Gasteiger partial charge in [0.15, 0.2) is 11.7 Å². The lowest BCUT2D eigenvalue weighted by molar-refractivity contribution is 0.375. The predicted octanol–water partition coefficient (Wildman–Crippen LogP) is 3.53. The monoisotopic (exact) mass is 332 g/mol. The molecule has 1 aromatic heterocycles. The van der Waals surface area contributed by atoms with Crippen LogP contribution >= 0.6 is 0 Å². The van der Waals surface area contributed by atoms with E-state index in [9.17, 15) is 4.39 Å². The van der Waals surface area contributed by atoms with E-state index in [-0.39, 0.29) is 5.82 Å². The number of aromatic nitrogens is 1. The lowest BCUT2D eigenvalue weighted by Gasteiger charge is -2.22. The van der Waals surface area contributed by atoms with Crippen LogP contribution in [0.4, 0.5) is 4.39 Å². The number of guanidine groups is 1. The van der Waals surface area contributed by atoms with Crippen molar-refractivity contribution in [1.29, 1.82) is 0 Å². The minimum atomic E-state index is -0.228. The van der Waals surface area contributed by atoms with Gasteiger partial charge in [0.1, 0.15) is 12.4 Å². The fourth-order valence-electron chi connectivity index (χ4n) is 2.24. The summed E-state index contributed by atoms with van der Waals surface area (Å²) in [7, 11) is 1.95. The van der Waals surface area contributed by atoms with Crippen molar-refractivity contribution in [3.05, 3.63) is 53.2 Å². The summed E-state index contributed by atoms with van der Waals surface area (Å²) >= 11 is 0. The SMILES string of the molecule is CCNC(=NCc1cc(C(C)C)no1)N(C)Cc1ccc(F)cc1. The molecule has 0 aliphatic heterocycles. The van der Waals surface area contributed by atoms with E-state index >= 15 is 0 Å². The lowest BCUT2D eigenvalue weighted by Crippen LogP contribution is -2.38. The fourth-order valence-corrected chi connectivity index (χ4v) is 2.24. The van der Waals surface area contributed by atoms with E-state index < -0.39 is 0 Å². The lowest BCUT2D eigenvalue weighted by atomic mass is 10.1. The van der Waals surface area contributed by atoms with Crippen molar-refractivity contribution in [3.8, 4) is 0 Å². The second-order valence-electron chi connectivity index (χ2n) is 6.03. The van der Waals surface area contributed by atoms with Crippen molar-refractivity contribution in [1.82, 2.24) is 15.4 Å². The Bertz CT molecular complexity index is 664. The van der Waals surface area contributed by atoms with Gasteiger partial charge >= 0.3 is 0 Å². The first-order valence-electron chi connectivity index (χ1n) is 8.19. The highest BCUT2D eigenvalue weighted by Crippen LogP contribution is 2.14. The van der Waals surface area contributed by atoms with Crippen LogP contribution < -0.4 is 5.32 Å². The van der Waals surface area contributed by atoms with Gasteiger partial charge in [-0.1, -0.05) is 31.1 Å². The molecule has 0 fully saturated rings. The van der Waals surface area contributed by atoms with Crippen LogP contribution in [0.5, 0.6) is 0 Å². The minimum absolute atomic E-state index is 0.228. The summed E-state index contributed by atoms with van der Waals surface area (Å²) in [6.07, 6.45) is 0. The highest BCUT2D eigenvalue weighted by atomic mass is 19.1. The zero-order chi connectivity index (χ0) is 17.5. The largest absolute Gasteiger partial charge is 0.359 e. The number of nitrogens with zero attached hydrogens (tertiary/aromatic N) is 3. The molecule has 24 heavy (non-hydrogen) atoms. The van der Waals surface area contributed by atoms with E-state index in [2.05, 4.69) is 29.3 Å². The van der Waals surface area contributed by atoms with Gasteiger partial charge in [0.25, 0.3) is 0 Å². The Morgan fingerprint density at radius 2 is 2.04 bits per heavy atom. The Balaban J connectivity index is 2.04. The molecule has 1 heterocycles. The molecule has 0 spiro atoms. The van der Waals surface area contributed by atoms with E-state index in [1.165, 1.54) is 12.1 Å². The quantitative estimate of drug-likeness (QED) is 0.649. The van der Waals surface area contributed by atoms with Crippen molar-refractivity contribution in [2.45, 2.75) is 39.8 Å². The summed E-state index contributed by atoms with van der Waals surface area (Å²) in [5.41, 5.74) is 1.95. The molecule has 130 valence electrons. The van der Waals surface area contributed by atoms with E-state index in [0.29, 0.717) is 19.0 Å². The van der Waals surface area contributed by atoms with Crippen LogP contribution in [-0.4, -0.2) is 29.6 Å². The summed E-state index contributed by atoms with van der Waals surface area (Å²) in [4.78, 5) is 6.59. The van der Waals surface area contributed by atoms with Gasteiger partial charge in [0.2, 0.25) is 0 Å². The third kappa shape index (κ3) is 5.08. The van der Waals surface area contributed by atoms with E-state index in [4.69, 9.17) is 4.52 Å². The molecular weight excluding hydrogens is 307 g/mol. The van der Waals surface area contributed by atoms with Crippen LogP contribution in [0.25, 0.3) is 0 Å². The van der Waals surface area contributed by atoms with Crippen LogP contribution in [-0.2, 0) is 13.1 Å². The molecule has 6 heteroatoms. The Morgan fingerprint density at radius 1 is 1.33 bits per heavy atom. The van der Waals surface area contributed by atoms with Gasteiger partial charge in [-0.25, -0.2) is 9.38 Å². The van der Waals surface area contributed by atoms with Gasteiger partial charge in [-0.2, -0.15) is 0 Å². The smallest absolute Gasteiger partial charge is 0.194 e. The molecule has 0 aliphatic carbocycles. The third-order valence-corrected chi connectivity index (χ3v) is 3.58. The predicted molar refractivity (Wildman–Crippen MR) is 93.3 cm³/mol. The summed E-state index contributed by atoms with van der Waals surface area (Å²) in [5, 5.41) is 7.30. The van der Waals surface area contributed by atoms with E-state index in [1.807, 2.05) is 24.9 Å². The molecule has 1 N–H and O–H groups in total. The maximum atomic E-state index is 13.0. The molecule has 0 saturated heterocycles. The molecule has 5 nitrogen and oxygen atoms in total. The summed E-state index contributed by atoms with van der Waals surface area (Å²) < 4.78 is 18.3. The molecule has 0 radical (unpaired) electrons. The Kier molecular flexibility index (Phi) is 6.35. The Morgan fingerprint density at radius 3 is 2.62 bits per heavy atom. The number of nitrogens with one attached hydrogen (secondary N) is 1. The molecule has 0 unspecified atom stereocenters. The maximum Gasteiger partial charge on any atom is 0.194 e. The first kappa shape index (κ1) is 18.0. The zero-order valence-electron chi connectivity index (χ0n) is 14.7. The van der Waals surface area contributed by atoms with Crippen LogP contribution in [0.15, 0.2) is 39.8 Å². The standard InChI is InChI=1S/C18H25FN4O/c1-5-20-18(21-11-16-10-17(13(2)3)22-24-16)23(4)12-14-6-8-15(19)9-7-14/h6-10,13H,5,11-12H2,1-4H3,(H,20,21). The molecule has 2 aromatic rings. The van der Waals surface area contributed by atoms with Gasteiger partial charge in [0.05, 0.1) is 5.69 Å². The maximum absolute atomic E-state index is 13.0. The van der Waals surface area contributed by atoms with Crippen molar-refractivity contribution >= 4 is 5.96 Å². The van der Waals surface area contributed by atoms with Crippen LogP contribution in [0.2, 0.25) is 0 Å². The van der Waals surface area contributed by atoms with Gasteiger partial charge in [-0.3, -0.25) is 0 Å². The number of halogens is 1. The zero-order valence-corrected chi connectivity index (χ0v) is 14.7. The highest BCUT2D eigenvalue weighted by Gasteiger charge is 2.10. The van der Waals surface area contributed by atoms with Crippen molar-refractivity contribution in [2.75, 3.05) is 13.6 Å². The average molecular weight is 332 g/mol. The van der Waals surface area contributed by atoms with Gasteiger partial charge in [-0.05, 0) is 30.5 Å². The molecule has 0 bridgehead atoms. The van der Waals surface area contributed by atoms with Gasteiger partial charge in [0, 0.05) is 26.2 Å². The normalized spacial score (nSPS) is 11.8. The molecule has 0 atom stereocenters. The average Bonchev–Trinajstić information content (AvgIpc) is 3.02. The first-order chi connectivity index (χ1) is 11.5. The molecular formula is C18H25FN4O. The second-order valence-corrected chi connectivity index (χ2v) is 6.03. The minimum Gasteiger partial charge on any atom is -0.359 e. The van der Waals surface area contributed by atoms with Crippen LogP contribution in [0.1, 0.15) is 43.7 Å². The number of aliphatic imine (C=N–C) groups is 1. The topological polar surface area (TPSA) is 53.7 Å². The van der Waals surface area contributed by atoms with E-state index in [0.717, 1.165) is 29.5 Å². The Labute approximate surface area is 142 Å². The van der Waals surface area contributed by atoms with Crippen molar-refractivity contribution in [2.24, 2.45) is 4.99 Å². The summed E-state index contributed by atoms with van der Waals surface area (Å²) in [6, 6.07) is 8.43. The van der Waals surface area contributed by atoms with Crippen LogP contribution in [0.3, 0.4) is 0 Å². The summed E-state index contributed by atoms with van der Waals surface area (Å²) in [5.74, 6) is 1.61.